The number of benzene rings is 18. The van der Waals surface area contributed by atoms with Crippen molar-refractivity contribution in [1.29, 1.82) is 0 Å². The number of fused-ring (bicyclic) bond motifs is 19. The second kappa shape index (κ2) is 26.3. The molecule has 0 atom stereocenters. The van der Waals surface area contributed by atoms with Crippen LogP contribution in [-0.2, 0) is 6.42 Å². The second-order valence-corrected chi connectivity index (χ2v) is 30.3. The van der Waals surface area contributed by atoms with Gasteiger partial charge in [0.15, 0.2) is 0 Å². The van der Waals surface area contributed by atoms with Crippen molar-refractivity contribution >= 4 is 109 Å². The molecule has 0 radical (unpaired) electrons. The summed E-state index contributed by atoms with van der Waals surface area (Å²) in [6.45, 7) is 0. The number of rotatable bonds is 10. The summed E-state index contributed by atoms with van der Waals surface area (Å²) in [6, 6.07) is 150. The van der Waals surface area contributed by atoms with Crippen molar-refractivity contribution in [3.8, 4) is 101 Å². The van der Waals surface area contributed by atoms with Gasteiger partial charge in [0.25, 0.3) is 0 Å². The van der Waals surface area contributed by atoms with Crippen molar-refractivity contribution in [2.75, 3.05) is 0 Å². The fraction of sp³-hybridized carbons (Fsp3) is 0.00917. The molecule has 5 heterocycles. The first-order chi connectivity index (χ1) is 56.5. The van der Waals surface area contributed by atoms with E-state index in [9.17, 15) is 0 Å². The van der Waals surface area contributed by atoms with Crippen LogP contribution < -0.4 is 0 Å². The first-order valence-corrected chi connectivity index (χ1v) is 39.3. The first kappa shape index (κ1) is 64.9. The summed E-state index contributed by atoms with van der Waals surface area (Å²) in [5.74, 6) is 0. The smallest absolute Gasteiger partial charge is 0.137 e. The number of para-hydroxylation sites is 3. The van der Waals surface area contributed by atoms with Crippen molar-refractivity contribution in [3.63, 3.8) is 0 Å². The van der Waals surface area contributed by atoms with Crippen LogP contribution in [0.1, 0.15) is 11.1 Å². The highest BCUT2D eigenvalue weighted by Gasteiger charge is 2.26. The molecule has 0 fully saturated rings. The van der Waals surface area contributed by atoms with Crippen LogP contribution in [0.5, 0.6) is 0 Å². The van der Waals surface area contributed by atoms with E-state index in [2.05, 4.69) is 425 Å². The minimum Gasteiger partial charge on any atom is -0.456 e. The Morgan fingerprint density at radius 2 is 0.518 bits per heavy atom. The van der Waals surface area contributed by atoms with Crippen LogP contribution in [0.3, 0.4) is 0 Å². The van der Waals surface area contributed by atoms with Crippen molar-refractivity contribution in [2.45, 2.75) is 6.42 Å². The van der Waals surface area contributed by atoms with Crippen LogP contribution in [-0.4, -0.2) is 18.3 Å². The van der Waals surface area contributed by atoms with Gasteiger partial charge in [0.1, 0.15) is 11.2 Å². The van der Waals surface area contributed by atoms with Gasteiger partial charge in [0.2, 0.25) is 0 Å². The van der Waals surface area contributed by atoms with Crippen LogP contribution in [0.15, 0.2) is 417 Å². The maximum absolute atomic E-state index is 6.46. The van der Waals surface area contributed by atoms with Crippen LogP contribution in [0, 0.1) is 0 Å². The van der Waals surface area contributed by atoms with E-state index in [1.165, 1.54) is 171 Å². The number of furan rings is 1. The van der Waals surface area contributed by atoms with Crippen LogP contribution in [0.25, 0.3) is 210 Å². The highest BCUT2D eigenvalue weighted by molar-refractivity contribution is 6.25. The molecule has 114 heavy (non-hydrogen) atoms. The van der Waals surface area contributed by atoms with Gasteiger partial charge in [-0.15, -0.1) is 0 Å². The summed E-state index contributed by atoms with van der Waals surface area (Å²) in [5, 5.41) is 12.2. The van der Waals surface area contributed by atoms with E-state index in [1.807, 2.05) is 6.07 Å². The predicted molar refractivity (Wildman–Crippen MR) is 478 cm³/mol. The molecule has 1 aliphatic rings. The summed E-state index contributed by atoms with van der Waals surface area (Å²) in [4.78, 5) is 0. The third kappa shape index (κ3) is 10.6. The normalized spacial score (nSPS) is 12.0. The van der Waals surface area contributed by atoms with Gasteiger partial charge >= 0.3 is 0 Å². The SMILES string of the molecule is c1ccc(-c2cccc(-n3c4ccccc4c4cc(-c5ccc6c(c5)c5cc7c(cc5n6-c5cccc(-c6ccccc6)c5)Cc5ccccc5-7)ccc43)c2)cc1.c1ccc(-c2cccc(-n3c4ccccc4c4cc(-c5ccc6c(c5)c5ccc7oc8ccccc8c7c5n6-c5cccc(-c6ccccc6)c5)ccc43)c2)cc1. The average Bonchev–Trinajstić information content (AvgIpc) is 1.58. The minimum absolute atomic E-state index is 0.892. The number of aromatic nitrogens is 4. The van der Waals surface area contributed by atoms with E-state index in [4.69, 9.17) is 4.42 Å². The Labute approximate surface area is 658 Å². The van der Waals surface area contributed by atoms with Crippen molar-refractivity contribution < 1.29 is 4.42 Å². The van der Waals surface area contributed by atoms with Gasteiger partial charge in [-0.05, 0) is 235 Å². The molecule has 23 aromatic rings. The van der Waals surface area contributed by atoms with Crippen molar-refractivity contribution in [2.24, 2.45) is 0 Å². The van der Waals surface area contributed by atoms with Gasteiger partial charge in [-0.1, -0.05) is 273 Å². The summed E-state index contributed by atoms with van der Waals surface area (Å²) in [5.41, 5.74) is 35.9. The molecule has 0 amide bonds. The molecule has 18 aromatic carbocycles. The Kier molecular flexibility index (Phi) is 15.0. The standard InChI is InChI=1S/C55H36N2.C54H34N2O/c1-3-13-36(14-4-1)38-18-11-20-44(30-38)56-52-24-10-9-23-47(52)49-32-40(25-27-53(49)56)41-26-28-54-50(33-41)51-35-48-43(29-42-17-7-8-22-46(42)48)34-55(51)57(54)45-21-12-19-39(31-45)37-15-5-2-6-16-37;1-3-13-35(14-4-1)37-17-11-19-41(31-37)55-48-23-9-7-21-43(48)46-33-39(25-28-49(46)55)40-26-29-50-47(34-40)44-27-30-52-53(45-22-8-10-24-51(45)57-52)54(44)56(50)42-20-12-18-38(32-42)36-15-5-2-6-16-36/h1-28,30-35H,29H2;1-34H. The van der Waals surface area contributed by atoms with Gasteiger partial charge in [-0.2, -0.15) is 0 Å². The minimum atomic E-state index is 0.892. The topological polar surface area (TPSA) is 32.9 Å². The van der Waals surface area contributed by atoms with E-state index < -0.39 is 0 Å². The zero-order valence-corrected chi connectivity index (χ0v) is 62.2. The van der Waals surface area contributed by atoms with Gasteiger partial charge < -0.3 is 22.7 Å². The molecule has 0 aliphatic heterocycles. The molecule has 0 saturated heterocycles. The summed E-state index contributed by atoms with van der Waals surface area (Å²) in [7, 11) is 0. The Morgan fingerprint density at radius 1 is 0.175 bits per heavy atom. The summed E-state index contributed by atoms with van der Waals surface area (Å²) < 4.78 is 16.2. The summed E-state index contributed by atoms with van der Waals surface area (Å²) >= 11 is 0. The zero-order valence-electron chi connectivity index (χ0n) is 62.2. The number of hydrogen-bond acceptors (Lipinski definition) is 1. The molecule has 24 rings (SSSR count). The lowest BCUT2D eigenvalue weighted by atomic mass is 9.99. The second-order valence-electron chi connectivity index (χ2n) is 30.3. The quantitative estimate of drug-likeness (QED) is 0.134. The lowest BCUT2D eigenvalue weighted by Crippen LogP contribution is -1.95. The molecule has 5 heteroatoms. The molecule has 5 aromatic heterocycles. The van der Waals surface area contributed by atoms with E-state index >= 15 is 0 Å². The maximum Gasteiger partial charge on any atom is 0.137 e. The molecule has 0 bridgehead atoms. The number of hydrogen-bond donors (Lipinski definition) is 0. The van der Waals surface area contributed by atoms with E-state index in [-0.39, 0.29) is 0 Å². The van der Waals surface area contributed by atoms with Crippen LogP contribution in [0.4, 0.5) is 0 Å². The molecule has 0 spiro atoms. The van der Waals surface area contributed by atoms with Gasteiger partial charge in [-0.3, -0.25) is 0 Å². The van der Waals surface area contributed by atoms with E-state index in [1.54, 1.807) is 0 Å². The maximum atomic E-state index is 6.46. The zero-order chi connectivity index (χ0) is 74.9. The van der Waals surface area contributed by atoms with Gasteiger partial charge in [0, 0.05) is 71.2 Å². The van der Waals surface area contributed by atoms with Gasteiger partial charge in [-0.25, -0.2) is 0 Å². The molecular formula is C109H70N4O. The third-order valence-corrected chi connectivity index (χ3v) is 23.8. The molecule has 5 nitrogen and oxygen atoms in total. The fourth-order valence-corrected chi connectivity index (χ4v) is 18.6. The van der Waals surface area contributed by atoms with Gasteiger partial charge in [0.05, 0.1) is 49.5 Å². The Hall–Kier alpha value is -15.0. The Balaban J connectivity index is 0.000000135. The average molecular weight is 1450 g/mol. The largest absolute Gasteiger partial charge is 0.456 e. The fourth-order valence-electron chi connectivity index (χ4n) is 18.6. The molecule has 0 N–H and O–H groups in total. The molecule has 532 valence electrons. The summed E-state index contributed by atoms with van der Waals surface area (Å²) in [6.07, 6.45) is 0.961. The monoisotopic (exact) mass is 1450 g/mol. The first-order valence-electron chi connectivity index (χ1n) is 39.3. The highest BCUT2D eigenvalue weighted by atomic mass is 16.3. The predicted octanol–water partition coefficient (Wildman–Crippen LogP) is 29.2. The molecule has 0 saturated carbocycles. The van der Waals surface area contributed by atoms with E-state index in [0.717, 1.165) is 56.5 Å². The van der Waals surface area contributed by atoms with Crippen molar-refractivity contribution in [1.82, 2.24) is 18.3 Å². The van der Waals surface area contributed by atoms with Crippen LogP contribution >= 0.6 is 0 Å². The lowest BCUT2D eigenvalue weighted by Gasteiger charge is -2.12. The third-order valence-electron chi connectivity index (χ3n) is 23.8. The van der Waals surface area contributed by atoms with Crippen molar-refractivity contribution in [3.05, 3.63) is 424 Å². The molecule has 0 unspecified atom stereocenters. The lowest BCUT2D eigenvalue weighted by molar-refractivity contribution is 0.669. The Morgan fingerprint density at radius 3 is 0.991 bits per heavy atom. The molecular weight excluding hydrogens is 1380 g/mol. The highest BCUT2D eigenvalue weighted by Crippen LogP contribution is 2.47. The Bertz CT molecular complexity index is 7800. The van der Waals surface area contributed by atoms with E-state index in [0.29, 0.717) is 0 Å². The molecule has 1 aliphatic carbocycles. The number of nitrogens with zero attached hydrogens (tertiary/aromatic N) is 4. The van der Waals surface area contributed by atoms with Crippen LogP contribution in [0.2, 0.25) is 0 Å².